The van der Waals surface area contributed by atoms with Crippen LogP contribution in [0, 0.1) is 0 Å². The Labute approximate surface area is 109 Å². The van der Waals surface area contributed by atoms with Crippen molar-refractivity contribution in [2.45, 2.75) is 0 Å². The van der Waals surface area contributed by atoms with Gasteiger partial charge in [-0.15, -0.1) is 0 Å². The highest BCUT2D eigenvalue weighted by Gasteiger charge is 2.16. The van der Waals surface area contributed by atoms with E-state index in [1.165, 1.54) is 29.0 Å². The molecule has 2 aromatic rings. The average molecular weight is 259 g/mol. The van der Waals surface area contributed by atoms with Crippen molar-refractivity contribution < 1.29 is 14.7 Å². The van der Waals surface area contributed by atoms with Crippen LogP contribution in [0.25, 0.3) is 0 Å². The van der Waals surface area contributed by atoms with Gasteiger partial charge in [0.2, 0.25) is 0 Å². The van der Waals surface area contributed by atoms with Crippen LogP contribution in [0.2, 0.25) is 0 Å². The molecule has 0 unspecified atom stereocenters. The fraction of sp³-hybridized carbons (Fsp3) is 0.0769. The SMILES string of the molecule is Cn1cc(C(=O)c2cc(N)cc(N)c2)cc1C(=O)O. The lowest BCUT2D eigenvalue weighted by Crippen LogP contribution is -2.03. The maximum Gasteiger partial charge on any atom is 0.352 e. The molecule has 1 heterocycles. The van der Waals surface area contributed by atoms with Crippen LogP contribution in [0.5, 0.6) is 0 Å². The number of hydrogen-bond acceptors (Lipinski definition) is 4. The molecule has 98 valence electrons. The molecule has 0 amide bonds. The largest absolute Gasteiger partial charge is 0.477 e. The number of aryl methyl sites for hydroxylation is 1. The number of anilines is 2. The second-order valence-corrected chi connectivity index (χ2v) is 4.25. The van der Waals surface area contributed by atoms with Crippen LogP contribution >= 0.6 is 0 Å². The Hall–Kier alpha value is -2.76. The number of nitrogens with two attached hydrogens (primary N) is 2. The van der Waals surface area contributed by atoms with Crippen molar-refractivity contribution >= 4 is 23.1 Å². The van der Waals surface area contributed by atoms with Crippen molar-refractivity contribution in [1.82, 2.24) is 4.57 Å². The minimum Gasteiger partial charge on any atom is -0.477 e. The number of carbonyl (C=O) groups excluding carboxylic acids is 1. The maximum absolute atomic E-state index is 12.2. The first-order valence-corrected chi connectivity index (χ1v) is 5.49. The minimum absolute atomic E-state index is 0.0419. The molecule has 0 saturated carbocycles. The Morgan fingerprint density at radius 3 is 2.11 bits per heavy atom. The number of carboxylic acids is 1. The summed E-state index contributed by atoms with van der Waals surface area (Å²) >= 11 is 0. The molecule has 0 saturated heterocycles. The number of carboxylic acid groups (broad SMARTS) is 1. The van der Waals surface area contributed by atoms with E-state index in [2.05, 4.69) is 0 Å². The van der Waals surface area contributed by atoms with Gasteiger partial charge in [0.15, 0.2) is 5.78 Å². The van der Waals surface area contributed by atoms with Crippen LogP contribution < -0.4 is 11.5 Å². The van der Waals surface area contributed by atoms with Crippen LogP contribution in [-0.4, -0.2) is 21.4 Å². The Morgan fingerprint density at radius 2 is 1.63 bits per heavy atom. The lowest BCUT2D eigenvalue weighted by molar-refractivity contribution is 0.0686. The standard InChI is InChI=1S/C13H13N3O3/c1-16-6-8(4-11(16)13(18)19)12(17)7-2-9(14)5-10(15)3-7/h2-6H,14-15H2,1H3,(H,18,19). The predicted octanol–water partition coefficient (Wildman–Crippen LogP) is 1.12. The van der Waals surface area contributed by atoms with Gasteiger partial charge in [0.05, 0.1) is 0 Å². The number of rotatable bonds is 3. The van der Waals surface area contributed by atoms with Gasteiger partial charge in [-0.2, -0.15) is 0 Å². The normalized spacial score (nSPS) is 10.4. The van der Waals surface area contributed by atoms with Gasteiger partial charge in [-0.25, -0.2) is 4.79 Å². The molecule has 0 radical (unpaired) electrons. The molecule has 6 heteroatoms. The third-order valence-corrected chi connectivity index (χ3v) is 2.73. The molecule has 0 aliphatic rings. The van der Waals surface area contributed by atoms with E-state index in [1.54, 1.807) is 13.1 Å². The smallest absolute Gasteiger partial charge is 0.352 e. The number of hydrogen-bond donors (Lipinski definition) is 3. The summed E-state index contributed by atoms with van der Waals surface area (Å²) in [6.45, 7) is 0. The number of benzene rings is 1. The van der Waals surface area contributed by atoms with Crippen molar-refractivity contribution in [1.29, 1.82) is 0 Å². The molecule has 0 aliphatic heterocycles. The Balaban J connectivity index is 2.44. The van der Waals surface area contributed by atoms with Crippen LogP contribution in [0.1, 0.15) is 26.4 Å². The van der Waals surface area contributed by atoms with Crippen molar-refractivity contribution in [2.75, 3.05) is 11.5 Å². The van der Waals surface area contributed by atoms with E-state index in [0.717, 1.165) is 0 Å². The second-order valence-electron chi connectivity index (χ2n) is 4.25. The van der Waals surface area contributed by atoms with Gasteiger partial charge in [-0.3, -0.25) is 4.79 Å². The van der Waals surface area contributed by atoms with Crippen molar-refractivity contribution in [2.24, 2.45) is 7.05 Å². The fourth-order valence-electron chi connectivity index (χ4n) is 1.88. The number of carbonyl (C=O) groups is 2. The van der Waals surface area contributed by atoms with E-state index in [9.17, 15) is 9.59 Å². The van der Waals surface area contributed by atoms with Crippen molar-refractivity contribution in [3.8, 4) is 0 Å². The quantitative estimate of drug-likeness (QED) is 0.565. The first-order chi connectivity index (χ1) is 8.88. The summed E-state index contributed by atoms with van der Waals surface area (Å²) in [4.78, 5) is 23.2. The zero-order chi connectivity index (χ0) is 14.2. The lowest BCUT2D eigenvalue weighted by atomic mass is 10.0. The zero-order valence-corrected chi connectivity index (χ0v) is 10.3. The molecule has 19 heavy (non-hydrogen) atoms. The molecule has 0 bridgehead atoms. The molecular weight excluding hydrogens is 246 g/mol. The molecule has 0 spiro atoms. The summed E-state index contributed by atoms with van der Waals surface area (Å²) < 4.78 is 1.38. The molecule has 6 nitrogen and oxygen atoms in total. The molecule has 0 atom stereocenters. The molecule has 0 fully saturated rings. The summed E-state index contributed by atoms with van der Waals surface area (Å²) in [6.07, 6.45) is 1.46. The summed E-state index contributed by atoms with van der Waals surface area (Å²) in [5.41, 5.74) is 12.7. The molecule has 1 aromatic heterocycles. The second kappa shape index (κ2) is 4.49. The first kappa shape index (κ1) is 12.7. The predicted molar refractivity (Wildman–Crippen MR) is 71.1 cm³/mol. The van der Waals surface area contributed by atoms with E-state index in [-0.39, 0.29) is 17.0 Å². The summed E-state index contributed by atoms with van der Waals surface area (Å²) in [7, 11) is 1.56. The molecular formula is C13H13N3O3. The molecule has 0 aliphatic carbocycles. The Morgan fingerprint density at radius 1 is 1.05 bits per heavy atom. The molecule has 1 aromatic carbocycles. The van der Waals surface area contributed by atoms with Gasteiger partial charge in [0, 0.05) is 35.7 Å². The topological polar surface area (TPSA) is 111 Å². The van der Waals surface area contributed by atoms with Crippen molar-refractivity contribution in [3.05, 3.63) is 47.3 Å². The van der Waals surface area contributed by atoms with E-state index < -0.39 is 5.97 Å². The van der Waals surface area contributed by atoms with Gasteiger partial charge < -0.3 is 21.1 Å². The van der Waals surface area contributed by atoms with E-state index in [1.807, 2.05) is 0 Å². The zero-order valence-electron chi connectivity index (χ0n) is 10.3. The van der Waals surface area contributed by atoms with Crippen LogP contribution in [0.4, 0.5) is 11.4 Å². The summed E-state index contributed by atoms with van der Waals surface area (Å²) in [5, 5.41) is 8.95. The number of nitrogen functional groups attached to an aromatic ring is 2. The Kier molecular flexibility index (Phi) is 3.00. The number of nitrogens with zero attached hydrogens (tertiary/aromatic N) is 1. The Bertz CT molecular complexity index is 654. The highest BCUT2D eigenvalue weighted by atomic mass is 16.4. The first-order valence-electron chi connectivity index (χ1n) is 5.49. The third kappa shape index (κ3) is 2.42. The lowest BCUT2D eigenvalue weighted by Gasteiger charge is -2.02. The van der Waals surface area contributed by atoms with E-state index in [0.29, 0.717) is 16.9 Å². The minimum atomic E-state index is -1.09. The van der Waals surface area contributed by atoms with Gasteiger partial charge in [0.1, 0.15) is 5.69 Å². The summed E-state index contributed by atoms with van der Waals surface area (Å²) in [5.74, 6) is -1.41. The number of ketones is 1. The van der Waals surface area contributed by atoms with Crippen LogP contribution in [0.3, 0.4) is 0 Å². The maximum atomic E-state index is 12.2. The van der Waals surface area contributed by atoms with Gasteiger partial charge in [0.25, 0.3) is 0 Å². The molecule has 5 N–H and O–H groups in total. The molecule has 2 rings (SSSR count). The van der Waals surface area contributed by atoms with Crippen molar-refractivity contribution in [3.63, 3.8) is 0 Å². The van der Waals surface area contributed by atoms with Gasteiger partial charge in [-0.05, 0) is 24.3 Å². The third-order valence-electron chi connectivity index (χ3n) is 2.73. The average Bonchev–Trinajstić information content (AvgIpc) is 2.69. The number of aromatic nitrogens is 1. The fourth-order valence-corrected chi connectivity index (χ4v) is 1.88. The monoisotopic (exact) mass is 259 g/mol. The van der Waals surface area contributed by atoms with Crippen LogP contribution in [0.15, 0.2) is 30.5 Å². The van der Waals surface area contributed by atoms with Gasteiger partial charge in [-0.1, -0.05) is 0 Å². The van der Waals surface area contributed by atoms with Crippen LogP contribution in [-0.2, 0) is 7.05 Å². The number of aromatic carboxylic acids is 1. The highest BCUT2D eigenvalue weighted by Crippen LogP contribution is 2.18. The van der Waals surface area contributed by atoms with E-state index in [4.69, 9.17) is 16.6 Å². The van der Waals surface area contributed by atoms with E-state index >= 15 is 0 Å². The highest BCUT2D eigenvalue weighted by molar-refractivity contribution is 6.10. The van der Waals surface area contributed by atoms with Gasteiger partial charge >= 0.3 is 5.97 Å². The summed E-state index contributed by atoms with van der Waals surface area (Å²) in [6, 6.07) is 5.88.